The van der Waals surface area contributed by atoms with E-state index in [1.807, 2.05) is 0 Å². The largest absolute Gasteiger partial charge is 0.481 e. The van der Waals surface area contributed by atoms with Crippen LogP contribution in [0.25, 0.3) is 0 Å². The summed E-state index contributed by atoms with van der Waals surface area (Å²) in [5, 5.41) is 22.9. The van der Waals surface area contributed by atoms with Crippen molar-refractivity contribution in [3.05, 3.63) is 32.8 Å². The van der Waals surface area contributed by atoms with Gasteiger partial charge in [0.2, 0.25) is 0 Å². The quantitative estimate of drug-likeness (QED) is 0.645. The molecule has 1 saturated heterocycles. The lowest BCUT2D eigenvalue weighted by Gasteiger charge is -2.17. The number of benzene rings is 1. The summed E-state index contributed by atoms with van der Waals surface area (Å²) in [5.41, 5.74) is 0.181. The van der Waals surface area contributed by atoms with E-state index in [1.165, 1.54) is 6.07 Å². The molecule has 0 aromatic heterocycles. The van der Waals surface area contributed by atoms with Gasteiger partial charge >= 0.3 is 5.97 Å². The van der Waals surface area contributed by atoms with Crippen molar-refractivity contribution in [1.82, 2.24) is 0 Å². The maximum absolute atomic E-state index is 11.0. The highest BCUT2D eigenvalue weighted by molar-refractivity contribution is 9.10. The molecule has 1 heterocycles. The Hall–Kier alpha value is -1.67. The van der Waals surface area contributed by atoms with Gasteiger partial charge < -0.3 is 15.2 Å². The second-order valence-electron chi connectivity index (χ2n) is 4.15. The zero-order chi connectivity index (χ0) is 14.0. The van der Waals surface area contributed by atoms with E-state index in [2.05, 4.69) is 21.2 Å². The second-order valence-corrected chi connectivity index (χ2v) is 5.07. The first-order chi connectivity index (χ1) is 8.99. The smallest absolute Gasteiger partial charge is 0.311 e. The van der Waals surface area contributed by atoms with Gasteiger partial charge in [-0.15, -0.1) is 0 Å². The van der Waals surface area contributed by atoms with Crippen molar-refractivity contribution in [3.8, 4) is 0 Å². The maximum Gasteiger partial charge on any atom is 0.311 e. The molecular formula is C11H11BrN2O5. The van der Waals surface area contributed by atoms with Crippen molar-refractivity contribution in [2.45, 2.75) is 6.04 Å². The Balaban J connectivity index is 2.23. The molecule has 0 aliphatic carbocycles. The van der Waals surface area contributed by atoms with Gasteiger partial charge in [-0.05, 0) is 12.1 Å². The molecular weight excluding hydrogens is 320 g/mol. The molecule has 8 heteroatoms. The van der Waals surface area contributed by atoms with Crippen molar-refractivity contribution in [1.29, 1.82) is 0 Å². The molecule has 1 aliphatic heterocycles. The number of aliphatic carboxylic acids is 1. The Morgan fingerprint density at radius 3 is 2.89 bits per heavy atom. The molecule has 7 nitrogen and oxygen atoms in total. The predicted molar refractivity (Wildman–Crippen MR) is 70.2 cm³/mol. The van der Waals surface area contributed by atoms with Crippen molar-refractivity contribution < 1.29 is 19.6 Å². The molecule has 2 N–H and O–H groups in total. The number of halogens is 1. The average molecular weight is 331 g/mol. The number of hydrogen-bond acceptors (Lipinski definition) is 5. The van der Waals surface area contributed by atoms with Crippen LogP contribution in [0.3, 0.4) is 0 Å². The van der Waals surface area contributed by atoms with E-state index >= 15 is 0 Å². The molecule has 2 atom stereocenters. The van der Waals surface area contributed by atoms with E-state index in [0.717, 1.165) is 0 Å². The fourth-order valence-corrected chi connectivity index (χ4v) is 2.27. The number of carboxylic acids is 1. The van der Waals surface area contributed by atoms with Crippen molar-refractivity contribution in [2.24, 2.45) is 5.92 Å². The topological polar surface area (TPSA) is 102 Å². The molecule has 0 radical (unpaired) electrons. The van der Waals surface area contributed by atoms with Gasteiger partial charge in [0.05, 0.1) is 24.2 Å². The minimum atomic E-state index is -0.977. The number of anilines is 1. The molecule has 0 bridgehead atoms. The van der Waals surface area contributed by atoms with E-state index in [4.69, 9.17) is 9.84 Å². The van der Waals surface area contributed by atoms with Crippen LogP contribution in [-0.4, -0.2) is 35.3 Å². The summed E-state index contributed by atoms with van der Waals surface area (Å²) in [6, 6.07) is 4.09. The molecule has 102 valence electrons. The SMILES string of the molecule is O=C(O)C1COCC1Nc1ccc(Br)cc1[N+](=O)[O-]. The van der Waals surface area contributed by atoms with E-state index < -0.39 is 22.9 Å². The maximum atomic E-state index is 11.0. The van der Waals surface area contributed by atoms with Crippen LogP contribution >= 0.6 is 15.9 Å². The van der Waals surface area contributed by atoms with Crippen LogP contribution < -0.4 is 5.32 Å². The number of nitrogens with one attached hydrogen (secondary N) is 1. The molecule has 1 aromatic rings. The molecule has 2 rings (SSSR count). The van der Waals surface area contributed by atoms with Crippen LogP contribution in [0.15, 0.2) is 22.7 Å². The van der Waals surface area contributed by atoms with Crippen molar-refractivity contribution in [2.75, 3.05) is 18.5 Å². The number of nitro groups is 1. The van der Waals surface area contributed by atoms with Crippen LogP contribution in [0.5, 0.6) is 0 Å². The normalized spacial score (nSPS) is 22.2. The van der Waals surface area contributed by atoms with Gasteiger partial charge in [-0.1, -0.05) is 15.9 Å². The highest BCUT2D eigenvalue weighted by Gasteiger charge is 2.35. The molecule has 1 aromatic carbocycles. The Morgan fingerprint density at radius 2 is 2.26 bits per heavy atom. The summed E-state index contributed by atoms with van der Waals surface area (Å²) < 4.78 is 5.69. The summed E-state index contributed by atoms with van der Waals surface area (Å²) in [4.78, 5) is 21.5. The van der Waals surface area contributed by atoms with Crippen LogP contribution in [-0.2, 0) is 9.53 Å². The Kier molecular flexibility index (Phi) is 4.01. The minimum absolute atomic E-state index is 0.106. The van der Waals surface area contributed by atoms with Gasteiger partial charge in [0.1, 0.15) is 11.6 Å². The van der Waals surface area contributed by atoms with Crippen LogP contribution in [0.1, 0.15) is 0 Å². The monoisotopic (exact) mass is 330 g/mol. The molecule has 19 heavy (non-hydrogen) atoms. The van der Waals surface area contributed by atoms with Crippen LogP contribution in [0, 0.1) is 16.0 Å². The van der Waals surface area contributed by atoms with Crippen molar-refractivity contribution >= 4 is 33.3 Å². The average Bonchev–Trinajstić information content (AvgIpc) is 2.79. The number of ether oxygens (including phenoxy) is 1. The van der Waals surface area contributed by atoms with Crippen LogP contribution in [0.2, 0.25) is 0 Å². The van der Waals surface area contributed by atoms with Gasteiger partial charge in [0, 0.05) is 10.5 Å². The third-order valence-corrected chi connectivity index (χ3v) is 3.39. The number of nitrogens with zero attached hydrogens (tertiary/aromatic N) is 1. The first-order valence-corrected chi connectivity index (χ1v) is 6.29. The lowest BCUT2D eigenvalue weighted by atomic mass is 10.0. The molecule has 1 aliphatic rings. The summed E-state index contributed by atoms with van der Waals surface area (Å²) in [6.07, 6.45) is 0. The number of rotatable bonds is 4. The second kappa shape index (κ2) is 5.54. The molecule has 0 spiro atoms. The summed E-state index contributed by atoms with van der Waals surface area (Å²) in [5.74, 6) is -1.68. The Bertz CT molecular complexity index is 522. The fourth-order valence-electron chi connectivity index (χ4n) is 1.92. The predicted octanol–water partition coefficient (Wildman–Crippen LogP) is 1.87. The zero-order valence-corrected chi connectivity index (χ0v) is 11.3. The van der Waals surface area contributed by atoms with Gasteiger partial charge in [-0.25, -0.2) is 0 Å². The number of hydrogen-bond donors (Lipinski definition) is 2. The van der Waals surface area contributed by atoms with Crippen LogP contribution in [0.4, 0.5) is 11.4 Å². The highest BCUT2D eigenvalue weighted by atomic mass is 79.9. The summed E-state index contributed by atoms with van der Waals surface area (Å²) >= 11 is 3.16. The number of nitro benzene ring substituents is 1. The first kappa shape index (κ1) is 13.8. The lowest BCUT2D eigenvalue weighted by molar-refractivity contribution is -0.384. The highest BCUT2D eigenvalue weighted by Crippen LogP contribution is 2.30. The van der Waals surface area contributed by atoms with E-state index in [1.54, 1.807) is 12.1 Å². The molecule has 1 fully saturated rings. The molecule has 0 saturated carbocycles. The summed E-state index contributed by atoms with van der Waals surface area (Å²) in [6.45, 7) is 0.321. The van der Waals surface area contributed by atoms with E-state index in [9.17, 15) is 14.9 Å². The Morgan fingerprint density at radius 1 is 1.53 bits per heavy atom. The third kappa shape index (κ3) is 3.02. The van der Waals surface area contributed by atoms with Crippen molar-refractivity contribution in [3.63, 3.8) is 0 Å². The zero-order valence-electron chi connectivity index (χ0n) is 9.71. The number of carbonyl (C=O) groups is 1. The fraction of sp³-hybridized carbons (Fsp3) is 0.364. The Labute approximate surface area is 116 Å². The first-order valence-electron chi connectivity index (χ1n) is 5.50. The lowest BCUT2D eigenvalue weighted by Crippen LogP contribution is -2.33. The molecule has 2 unspecified atom stereocenters. The van der Waals surface area contributed by atoms with E-state index in [0.29, 0.717) is 4.47 Å². The van der Waals surface area contributed by atoms with Gasteiger partial charge in [0.25, 0.3) is 5.69 Å². The summed E-state index contributed by atoms with van der Waals surface area (Å²) in [7, 11) is 0. The molecule has 0 amide bonds. The minimum Gasteiger partial charge on any atom is -0.481 e. The van der Waals surface area contributed by atoms with Gasteiger partial charge in [-0.2, -0.15) is 0 Å². The number of carboxylic acid groups (broad SMARTS) is 1. The standard InChI is InChI=1S/C11H11BrN2O5/c12-6-1-2-8(10(3-6)14(17)18)13-9-5-19-4-7(9)11(15)16/h1-3,7,9,13H,4-5H2,(H,15,16). The third-order valence-electron chi connectivity index (χ3n) is 2.90. The van der Waals surface area contributed by atoms with Gasteiger partial charge in [-0.3, -0.25) is 14.9 Å². The van der Waals surface area contributed by atoms with Gasteiger partial charge in [0.15, 0.2) is 0 Å². The van der Waals surface area contributed by atoms with E-state index in [-0.39, 0.29) is 24.6 Å².